The molecule has 0 radical (unpaired) electrons. The third-order valence-electron chi connectivity index (χ3n) is 3.65. The van der Waals surface area contributed by atoms with E-state index in [0.29, 0.717) is 0 Å². The van der Waals surface area contributed by atoms with Gasteiger partial charge in [-0.05, 0) is 0 Å². The molecule has 18 heavy (non-hydrogen) atoms. The van der Waals surface area contributed by atoms with Crippen LogP contribution in [0.2, 0.25) is 0 Å². The van der Waals surface area contributed by atoms with E-state index in [1.165, 1.54) is 49.9 Å². The summed E-state index contributed by atoms with van der Waals surface area (Å²) in [5.74, 6) is 3.63. The minimum atomic E-state index is 0.728. The molecule has 1 atom stereocenters. The van der Waals surface area contributed by atoms with Crippen LogP contribution in [0.25, 0.3) is 0 Å². The molecular weight excluding hydrogens is 303 g/mol. The van der Waals surface area contributed by atoms with Gasteiger partial charge in [0.15, 0.2) is 0 Å². The van der Waals surface area contributed by atoms with E-state index in [9.17, 15) is 0 Å². The Morgan fingerprint density at radius 2 is 1.89 bits per heavy atom. The summed E-state index contributed by atoms with van der Waals surface area (Å²) in [7, 11) is 0. The first-order chi connectivity index (χ1) is 8.50. The Balaban J connectivity index is 2.58. The topological polar surface area (TPSA) is 0 Å². The second-order valence-electron chi connectivity index (χ2n) is 6.19. The standard InChI is InChI=1S/C16H28SSe/c1-12(2)10-15(14-8-6-5-7-9-14)16(18)17-11-13(3)4/h13-15H,1,5-11H2,2-4H3. The zero-order valence-electron chi connectivity index (χ0n) is 12.2. The van der Waals surface area contributed by atoms with Gasteiger partial charge in [0.05, 0.1) is 0 Å². The summed E-state index contributed by atoms with van der Waals surface area (Å²) in [5, 5.41) is 0. The van der Waals surface area contributed by atoms with Crippen molar-refractivity contribution in [2.75, 3.05) is 5.75 Å². The fraction of sp³-hybridized carbons (Fsp3) is 0.812. The van der Waals surface area contributed by atoms with Crippen molar-refractivity contribution in [3.63, 3.8) is 0 Å². The molecule has 2 heteroatoms. The van der Waals surface area contributed by atoms with Gasteiger partial charge in [-0.15, -0.1) is 0 Å². The van der Waals surface area contributed by atoms with Crippen molar-refractivity contribution in [2.45, 2.75) is 59.3 Å². The van der Waals surface area contributed by atoms with Gasteiger partial charge in [-0.3, -0.25) is 0 Å². The van der Waals surface area contributed by atoms with Gasteiger partial charge in [0.1, 0.15) is 0 Å². The van der Waals surface area contributed by atoms with E-state index in [4.69, 9.17) is 0 Å². The molecule has 0 aliphatic heterocycles. The Morgan fingerprint density at radius 1 is 1.28 bits per heavy atom. The predicted octanol–water partition coefficient (Wildman–Crippen LogP) is 4.84. The van der Waals surface area contributed by atoms with Crippen LogP contribution in [-0.2, 0) is 0 Å². The third-order valence-corrected chi connectivity index (χ3v) is 6.45. The number of hydrogen-bond donors (Lipinski definition) is 0. The normalized spacial score (nSPS) is 18.9. The van der Waals surface area contributed by atoms with Crippen LogP contribution in [0.4, 0.5) is 0 Å². The summed E-state index contributed by atoms with van der Waals surface area (Å²) in [6.07, 6.45) is 8.33. The quantitative estimate of drug-likeness (QED) is 0.475. The maximum atomic E-state index is 4.13. The molecule has 0 spiro atoms. The molecule has 0 N–H and O–H groups in total. The molecule has 0 aromatic carbocycles. The molecule has 0 amide bonds. The van der Waals surface area contributed by atoms with E-state index in [2.05, 4.69) is 42.9 Å². The first kappa shape index (κ1) is 16.5. The van der Waals surface area contributed by atoms with Crippen molar-refractivity contribution in [1.82, 2.24) is 0 Å². The molecule has 0 nitrogen and oxygen atoms in total. The van der Waals surface area contributed by atoms with Gasteiger partial charge in [-0.1, -0.05) is 0 Å². The van der Waals surface area contributed by atoms with Crippen molar-refractivity contribution in [2.24, 2.45) is 17.8 Å². The molecule has 1 rings (SSSR count). The molecule has 0 aromatic rings. The van der Waals surface area contributed by atoms with Gasteiger partial charge >= 0.3 is 126 Å². The summed E-state index contributed by atoms with van der Waals surface area (Å²) in [4.78, 5) is 0. The molecule has 0 aromatic heterocycles. The molecule has 104 valence electrons. The van der Waals surface area contributed by atoms with E-state index in [0.717, 1.165) is 17.8 Å². The minimum absolute atomic E-state index is 0.728. The van der Waals surface area contributed by atoms with E-state index in [1.807, 2.05) is 11.8 Å². The van der Waals surface area contributed by atoms with Crippen LogP contribution in [0.1, 0.15) is 59.3 Å². The average Bonchev–Trinajstić information content (AvgIpc) is 2.34. The van der Waals surface area contributed by atoms with Crippen LogP contribution in [0.15, 0.2) is 12.2 Å². The van der Waals surface area contributed by atoms with Crippen LogP contribution < -0.4 is 0 Å². The Kier molecular flexibility index (Phi) is 7.91. The Bertz CT molecular complexity index is 277. The summed E-state index contributed by atoms with van der Waals surface area (Å²) in [6.45, 7) is 10.9. The summed E-state index contributed by atoms with van der Waals surface area (Å²) in [6, 6.07) is 0. The first-order valence-electron chi connectivity index (χ1n) is 7.31. The summed E-state index contributed by atoms with van der Waals surface area (Å²) < 4.78 is 1.54. The van der Waals surface area contributed by atoms with Crippen LogP contribution >= 0.6 is 11.8 Å². The van der Waals surface area contributed by atoms with Crippen LogP contribution in [0.3, 0.4) is 0 Å². The number of rotatable bonds is 7. The van der Waals surface area contributed by atoms with Gasteiger partial charge < -0.3 is 0 Å². The maximum absolute atomic E-state index is 4.13. The van der Waals surface area contributed by atoms with Gasteiger partial charge in [0.2, 0.25) is 0 Å². The summed E-state index contributed by atoms with van der Waals surface area (Å²) >= 11 is 5.42. The Morgan fingerprint density at radius 3 is 2.39 bits per heavy atom. The van der Waals surface area contributed by atoms with Crippen LogP contribution in [0, 0.1) is 17.8 Å². The van der Waals surface area contributed by atoms with Crippen LogP contribution in [-0.4, -0.2) is 25.1 Å². The molecule has 0 saturated heterocycles. The van der Waals surface area contributed by atoms with Crippen molar-refractivity contribution < 1.29 is 0 Å². The fourth-order valence-electron chi connectivity index (χ4n) is 2.71. The van der Waals surface area contributed by atoms with Crippen molar-refractivity contribution in [1.29, 1.82) is 0 Å². The molecular formula is C16H28SSe. The second-order valence-corrected chi connectivity index (χ2v) is 8.76. The Hall–Kier alpha value is 0.479. The van der Waals surface area contributed by atoms with Crippen molar-refractivity contribution >= 4 is 31.1 Å². The van der Waals surface area contributed by atoms with Crippen molar-refractivity contribution in [3.8, 4) is 0 Å². The van der Waals surface area contributed by atoms with Gasteiger partial charge in [0, 0.05) is 0 Å². The number of hydrogen-bond acceptors (Lipinski definition) is 1. The fourth-order valence-corrected chi connectivity index (χ4v) is 4.70. The second kappa shape index (κ2) is 8.61. The molecule has 1 aliphatic rings. The van der Waals surface area contributed by atoms with E-state index in [-0.39, 0.29) is 0 Å². The molecule has 0 bridgehead atoms. The third kappa shape index (κ3) is 6.08. The molecule has 1 unspecified atom stereocenters. The van der Waals surface area contributed by atoms with Crippen molar-refractivity contribution in [3.05, 3.63) is 12.2 Å². The monoisotopic (exact) mass is 332 g/mol. The average molecular weight is 331 g/mol. The van der Waals surface area contributed by atoms with E-state index in [1.54, 1.807) is 3.75 Å². The molecule has 1 fully saturated rings. The summed E-state index contributed by atoms with van der Waals surface area (Å²) in [5.41, 5.74) is 1.34. The number of thioether (sulfide) groups is 1. The van der Waals surface area contributed by atoms with Crippen LogP contribution in [0.5, 0.6) is 0 Å². The Labute approximate surface area is 126 Å². The zero-order chi connectivity index (χ0) is 13.5. The van der Waals surface area contributed by atoms with Gasteiger partial charge in [0.25, 0.3) is 0 Å². The van der Waals surface area contributed by atoms with Gasteiger partial charge in [-0.2, -0.15) is 0 Å². The molecule has 1 aliphatic carbocycles. The zero-order valence-corrected chi connectivity index (χ0v) is 14.7. The molecule has 1 saturated carbocycles. The van der Waals surface area contributed by atoms with E-state index < -0.39 is 0 Å². The van der Waals surface area contributed by atoms with Gasteiger partial charge in [-0.25, -0.2) is 0 Å². The van der Waals surface area contributed by atoms with E-state index >= 15 is 0 Å². The SMILES string of the molecule is C=C(C)CC(C(=[Se])SCC(C)C)C1CCCCC1. The number of allylic oxidation sites excluding steroid dienone is 1. The predicted molar refractivity (Wildman–Crippen MR) is 87.6 cm³/mol. The first-order valence-corrected chi connectivity index (χ1v) is 9.16. The molecule has 0 heterocycles.